The van der Waals surface area contributed by atoms with E-state index in [1.165, 1.54) is 37.7 Å². The molecule has 0 bridgehead atoms. The Morgan fingerprint density at radius 3 is 2.15 bits per heavy atom. The number of rotatable bonds is 7. The van der Waals surface area contributed by atoms with Crippen LogP contribution in [0.1, 0.15) is 58.9 Å². The minimum atomic E-state index is -1.35. The van der Waals surface area contributed by atoms with Gasteiger partial charge >= 0.3 is 125 Å². The summed E-state index contributed by atoms with van der Waals surface area (Å²) in [5.74, 6) is 0.913. The van der Waals surface area contributed by atoms with Gasteiger partial charge in [-0.1, -0.05) is 0 Å². The first-order valence-electron chi connectivity index (χ1n) is 8.31. The molecule has 0 aromatic heterocycles. The van der Waals surface area contributed by atoms with E-state index < -0.39 is 7.41 Å². The molecule has 1 aliphatic heterocycles. The van der Waals surface area contributed by atoms with Crippen molar-refractivity contribution in [3.05, 3.63) is 29.8 Å². The summed E-state index contributed by atoms with van der Waals surface area (Å²) >= 11 is 0. The number of aryl methyl sites for hydroxylation is 1. The Morgan fingerprint density at radius 2 is 1.70 bits per heavy atom. The predicted octanol–water partition coefficient (Wildman–Crippen LogP) is 4.70. The van der Waals surface area contributed by atoms with Gasteiger partial charge in [0.05, 0.1) is 0 Å². The molecule has 114 valence electrons. The molecule has 1 aliphatic rings. The summed E-state index contributed by atoms with van der Waals surface area (Å²) in [6.07, 6.45) is 6.63. The SMILES string of the molecule is CCCC(CC)CCc1ccc([PH]2(C)NC2(C)C)cc1. The van der Waals surface area contributed by atoms with Gasteiger partial charge in [-0.15, -0.1) is 0 Å². The molecule has 1 unspecified atom stereocenters. The molecule has 0 spiro atoms. The van der Waals surface area contributed by atoms with Crippen LogP contribution in [0.25, 0.3) is 0 Å². The van der Waals surface area contributed by atoms with Crippen molar-refractivity contribution in [2.24, 2.45) is 5.92 Å². The van der Waals surface area contributed by atoms with Gasteiger partial charge in [0.25, 0.3) is 0 Å². The van der Waals surface area contributed by atoms with E-state index in [4.69, 9.17) is 0 Å². The molecule has 1 saturated heterocycles. The van der Waals surface area contributed by atoms with Crippen LogP contribution in [-0.2, 0) is 6.42 Å². The summed E-state index contributed by atoms with van der Waals surface area (Å²) in [5.41, 5.74) is 1.51. The number of benzene rings is 1. The van der Waals surface area contributed by atoms with E-state index >= 15 is 0 Å². The standard InChI is InChI=1S/C18H32NP/c1-6-8-15(7-2)9-10-16-11-13-17(14-12-16)20(5)18(3,4)19-20/h11-15,19-20H,6-10H2,1-5H3. The van der Waals surface area contributed by atoms with Crippen LogP contribution in [0.4, 0.5) is 0 Å². The summed E-state index contributed by atoms with van der Waals surface area (Å²) in [4.78, 5) is 0. The zero-order valence-corrected chi connectivity index (χ0v) is 14.9. The van der Waals surface area contributed by atoms with Crippen LogP contribution in [0, 0.1) is 5.92 Å². The van der Waals surface area contributed by atoms with E-state index in [9.17, 15) is 0 Å². The Labute approximate surface area is 125 Å². The summed E-state index contributed by atoms with van der Waals surface area (Å²) in [6, 6.07) is 9.48. The topological polar surface area (TPSA) is 21.9 Å². The van der Waals surface area contributed by atoms with E-state index in [2.05, 4.69) is 63.7 Å². The summed E-state index contributed by atoms with van der Waals surface area (Å²) in [5, 5.41) is 5.67. The summed E-state index contributed by atoms with van der Waals surface area (Å²) in [7, 11) is -1.35. The van der Waals surface area contributed by atoms with Crippen LogP contribution >= 0.6 is 7.41 Å². The Bertz CT molecular complexity index is 437. The van der Waals surface area contributed by atoms with Crippen molar-refractivity contribution in [1.29, 1.82) is 0 Å². The van der Waals surface area contributed by atoms with E-state index in [-0.39, 0.29) is 0 Å². The third-order valence-electron chi connectivity index (χ3n) is 5.40. The van der Waals surface area contributed by atoms with Crippen LogP contribution in [-0.4, -0.2) is 11.9 Å². The average Bonchev–Trinajstić information content (AvgIpc) is 2.95. The van der Waals surface area contributed by atoms with Gasteiger partial charge in [-0.05, 0) is 0 Å². The first-order valence-corrected chi connectivity index (χ1v) is 10.8. The van der Waals surface area contributed by atoms with Gasteiger partial charge in [0.1, 0.15) is 0 Å². The molecule has 1 atom stereocenters. The predicted molar refractivity (Wildman–Crippen MR) is 94.5 cm³/mol. The van der Waals surface area contributed by atoms with Gasteiger partial charge < -0.3 is 0 Å². The minimum absolute atomic E-state index is 0.378. The van der Waals surface area contributed by atoms with Gasteiger partial charge in [-0.3, -0.25) is 0 Å². The van der Waals surface area contributed by atoms with E-state index in [0.717, 1.165) is 5.92 Å². The molecule has 1 N–H and O–H groups in total. The third-order valence-corrected chi connectivity index (χ3v) is 10.4. The van der Waals surface area contributed by atoms with E-state index in [1.807, 2.05) is 0 Å². The van der Waals surface area contributed by atoms with Crippen molar-refractivity contribution in [2.45, 2.75) is 65.1 Å². The molecule has 1 nitrogen and oxygen atoms in total. The van der Waals surface area contributed by atoms with E-state index in [0.29, 0.717) is 5.28 Å². The molecule has 2 heteroatoms. The molecular weight excluding hydrogens is 261 g/mol. The fraction of sp³-hybridized carbons (Fsp3) is 0.667. The molecule has 2 rings (SSSR count). The normalized spacial score (nSPS) is 22.2. The van der Waals surface area contributed by atoms with Crippen LogP contribution in [0.3, 0.4) is 0 Å². The first kappa shape index (κ1) is 16.0. The Balaban J connectivity index is 1.93. The van der Waals surface area contributed by atoms with Crippen molar-refractivity contribution >= 4 is 12.7 Å². The second-order valence-corrected chi connectivity index (χ2v) is 11.5. The van der Waals surface area contributed by atoms with Crippen molar-refractivity contribution < 1.29 is 0 Å². The fourth-order valence-corrected chi connectivity index (χ4v) is 6.81. The van der Waals surface area contributed by atoms with E-state index in [1.54, 1.807) is 5.30 Å². The number of hydrogen-bond acceptors (Lipinski definition) is 1. The number of hydrogen-bond donors (Lipinski definition) is 1. The van der Waals surface area contributed by atoms with Crippen molar-refractivity contribution in [3.8, 4) is 0 Å². The monoisotopic (exact) mass is 293 g/mol. The molecule has 1 heterocycles. The van der Waals surface area contributed by atoms with Crippen LogP contribution in [0.5, 0.6) is 0 Å². The molecular formula is C18H32NP. The van der Waals surface area contributed by atoms with Gasteiger partial charge in [-0.25, -0.2) is 0 Å². The van der Waals surface area contributed by atoms with Gasteiger partial charge in [0.15, 0.2) is 0 Å². The summed E-state index contributed by atoms with van der Waals surface area (Å²) in [6.45, 7) is 11.7. The zero-order valence-electron chi connectivity index (χ0n) is 13.9. The Hall–Kier alpha value is -0.390. The van der Waals surface area contributed by atoms with Crippen LogP contribution in [0.15, 0.2) is 24.3 Å². The van der Waals surface area contributed by atoms with Gasteiger partial charge in [0.2, 0.25) is 0 Å². The molecule has 1 aromatic carbocycles. The molecule has 1 fully saturated rings. The van der Waals surface area contributed by atoms with Crippen molar-refractivity contribution in [2.75, 3.05) is 6.66 Å². The molecule has 0 radical (unpaired) electrons. The molecule has 0 aliphatic carbocycles. The zero-order chi connectivity index (χ0) is 14.8. The molecule has 0 saturated carbocycles. The fourth-order valence-electron chi connectivity index (χ4n) is 3.36. The molecule has 1 aromatic rings. The first-order chi connectivity index (χ1) is 9.43. The van der Waals surface area contributed by atoms with Gasteiger partial charge in [-0.2, -0.15) is 0 Å². The Morgan fingerprint density at radius 1 is 1.10 bits per heavy atom. The van der Waals surface area contributed by atoms with Crippen LogP contribution in [0.2, 0.25) is 0 Å². The maximum absolute atomic E-state index is 3.74. The summed E-state index contributed by atoms with van der Waals surface area (Å²) < 4.78 is 0. The quantitative estimate of drug-likeness (QED) is 0.571. The van der Waals surface area contributed by atoms with Gasteiger partial charge in [0, 0.05) is 0 Å². The number of nitrogens with one attached hydrogen (secondary N) is 1. The van der Waals surface area contributed by atoms with Crippen molar-refractivity contribution in [3.63, 3.8) is 0 Å². The van der Waals surface area contributed by atoms with Crippen molar-refractivity contribution in [1.82, 2.24) is 5.09 Å². The maximum atomic E-state index is 3.74. The second kappa shape index (κ2) is 6.16. The second-order valence-electron chi connectivity index (χ2n) is 7.17. The third kappa shape index (κ3) is 3.26. The van der Waals surface area contributed by atoms with Crippen LogP contribution < -0.4 is 10.4 Å². The molecule has 20 heavy (non-hydrogen) atoms. The average molecular weight is 293 g/mol. The molecule has 0 amide bonds. The Kier molecular flexibility index (Phi) is 4.92.